The van der Waals surface area contributed by atoms with Crippen molar-refractivity contribution >= 4 is 45.9 Å². The number of carbonyl (C=O) groups is 2. The number of benzene rings is 5. The summed E-state index contributed by atoms with van der Waals surface area (Å²) >= 11 is 3.21. The molecule has 0 aliphatic carbocycles. The highest BCUT2D eigenvalue weighted by Gasteiger charge is 2.48. The van der Waals surface area contributed by atoms with E-state index in [0.29, 0.717) is 18.0 Å². The molecule has 2 heterocycles. The van der Waals surface area contributed by atoms with Crippen LogP contribution in [0.2, 0.25) is 0 Å². The Kier molecular flexibility index (Phi) is 10.7. The molecule has 0 radical (unpaired) electrons. The molecule has 6 nitrogen and oxygen atoms in total. The van der Waals surface area contributed by atoms with Gasteiger partial charge in [-0.05, 0) is 67.1 Å². The van der Waals surface area contributed by atoms with Crippen LogP contribution in [0.3, 0.4) is 0 Å². The highest BCUT2D eigenvalue weighted by Crippen LogP contribution is 2.53. The monoisotopic (exact) mass is 739 g/mol. The number of aromatic nitrogens is 1. The molecule has 53 heavy (non-hydrogen) atoms. The van der Waals surface area contributed by atoms with Crippen molar-refractivity contribution in [2.45, 2.75) is 61.8 Å². The van der Waals surface area contributed by atoms with Gasteiger partial charge in [0.15, 0.2) is 0 Å². The lowest BCUT2D eigenvalue weighted by Gasteiger charge is -2.41. The molecule has 1 saturated heterocycles. The molecule has 3 unspecified atom stereocenters. The van der Waals surface area contributed by atoms with Gasteiger partial charge in [0.1, 0.15) is 10.5 Å². The Morgan fingerprint density at radius 1 is 0.830 bits per heavy atom. The van der Waals surface area contributed by atoms with Gasteiger partial charge in [0.2, 0.25) is 0 Å². The first-order valence-electron chi connectivity index (χ1n) is 18.2. The second-order valence-corrected chi connectivity index (χ2v) is 16.9. The SMILES string of the molecule is CC(c1cccc2ccccc12)N(CC1C(SC(c2ccccc2)(c2ccccc2)c2ccccc2)CCN1C(=O)OC(C)(C)C)C(=O)c1cncs1. The first-order valence-corrected chi connectivity index (χ1v) is 19.9. The minimum absolute atomic E-state index is 0.0698. The maximum absolute atomic E-state index is 14.7. The van der Waals surface area contributed by atoms with Gasteiger partial charge in [-0.15, -0.1) is 23.1 Å². The van der Waals surface area contributed by atoms with Crippen molar-refractivity contribution < 1.29 is 14.3 Å². The fourth-order valence-corrected chi connectivity index (χ4v) is 10.00. The van der Waals surface area contributed by atoms with Crippen LogP contribution >= 0.6 is 23.1 Å². The molecule has 270 valence electrons. The van der Waals surface area contributed by atoms with Crippen LogP contribution in [0, 0.1) is 0 Å². The molecule has 1 fully saturated rings. The number of carbonyl (C=O) groups excluding carboxylic acids is 2. The van der Waals surface area contributed by atoms with Crippen LogP contribution in [0.4, 0.5) is 4.79 Å². The highest BCUT2D eigenvalue weighted by molar-refractivity contribution is 8.01. The van der Waals surface area contributed by atoms with Gasteiger partial charge in [0.25, 0.3) is 5.91 Å². The Morgan fingerprint density at radius 3 is 1.96 bits per heavy atom. The second-order valence-electron chi connectivity index (χ2n) is 14.5. The summed E-state index contributed by atoms with van der Waals surface area (Å²) in [6.07, 6.45) is 2.01. The Morgan fingerprint density at radius 2 is 1.40 bits per heavy atom. The maximum atomic E-state index is 14.7. The number of likely N-dealkylation sites (tertiary alicyclic amines) is 1. The van der Waals surface area contributed by atoms with Gasteiger partial charge >= 0.3 is 6.09 Å². The number of hydrogen-bond donors (Lipinski definition) is 0. The summed E-state index contributed by atoms with van der Waals surface area (Å²) in [7, 11) is 0. The second kappa shape index (κ2) is 15.6. The molecule has 8 heteroatoms. The summed E-state index contributed by atoms with van der Waals surface area (Å²) in [6, 6.07) is 45.8. The quantitative estimate of drug-likeness (QED) is 0.131. The number of rotatable bonds is 10. The predicted molar refractivity (Wildman–Crippen MR) is 217 cm³/mol. The Labute approximate surface area is 320 Å². The van der Waals surface area contributed by atoms with Crippen LogP contribution in [-0.2, 0) is 9.48 Å². The van der Waals surface area contributed by atoms with E-state index in [0.717, 1.165) is 39.4 Å². The molecule has 0 saturated carbocycles. The number of thiazole rings is 1. The Hall–Kier alpha value is -4.92. The third kappa shape index (κ3) is 7.62. The first-order chi connectivity index (χ1) is 25.7. The van der Waals surface area contributed by atoms with Crippen LogP contribution in [0.15, 0.2) is 145 Å². The first kappa shape index (κ1) is 36.4. The minimum Gasteiger partial charge on any atom is -0.444 e. The summed E-state index contributed by atoms with van der Waals surface area (Å²) in [5.74, 6) is -0.104. The summed E-state index contributed by atoms with van der Waals surface area (Å²) in [5, 5.41) is 2.15. The summed E-state index contributed by atoms with van der Waals surface area (Å²) in [6.45, 7) is 8.61. The maximum Gasteiger partial charge on any atom is 0.410 e. The van der Waals surface area contributed by atoms with Crippen molar-refractivity contribution in [1.29, 1.82) is 0 Å². The lowest BCUT2D eigenvalue weighted by atomic mass is 9.84. The van der Waals surface area contributed by atoms with Crippen molar-refractivity contribution in [2.24, 2.45) is 0 Å². The van der Waals surface area contributed by atoms with E-state index in [1.807, 2.05) is 54.5 Å². The van der Waals surface area contributed by atoms with E-state index in [-0.39, 0.29) is 29.3 Å². The lowest BCUT2D eigenvalue weighted by molar-refractivity contribution is 0.0180. The van der Waals surface area contributed by atoms with Gasteiger partial charge in [-0.25, -0.2) is 4.79 Å². The summed E-state index contributed by atoms with van der Waals surface area (Å²) < 4.78 is 5.46. The number of hydrogen-bond acceptors (Lipinski definition) is 6. The van der Waals surface area contributed by atoms with Crippen molar-refractivity contribution in [1.82, 2.24) is 14.8 Å². The van der Waals surface area contributed by atoms with Crippen LogP contribution in [0.25, 0.3) is 10.8 Å². The highest BCUT2D eigenvalue weighted by atomic mass is 32.2. The van der Waals surface area contributed by atoms with Gasteiger partial charge in [-0.1, -0.05) is 133 Å². The predicted octanol–water partition coefficient (Wildman–Crippen LogP) is 10.6. The van der Waals surface area contributed by atoms with E-state index < -0.39 is 10.3 Å². The average molecular weight is 740 g/mol. The zero-order valence-corrected chi connectivity index (χ0v) is 32.2. The van der Waals surface area contributed by atoms with E-state index in [2.05, 4.69) is 133 Å². The third-order valence-electron chi connectivity index (χ3n) is 10.0. The van der Waals surface area contributed by atoms with Gasteiger partial charge < -0.3 is 14.5 Å². The van der Waals surface area contributed by atoms with E-state index >= 15 is 0 Å². The average Bonchev–Trinajstić information content (AvgIpc) is 3.86. The molecular weight excluding hydrogens is 695 g/mol. The molecule has 3 atom stereocenters. The van der Waals surface area contributed by atoms with Crippen molar-refractivity contribution in [3.8, 4) is 0 Å². The van der Waals surface area contributed by atoms with Crippen LogP contribution in [0.1, 0.15) is 72.1 Å². The largest absolute Gasteiger partial charge is 0.444 e. The molecule has 7 rings (SSSR count). The standard InChI is InChI=1S/C45H45N3O3S2/c1-32(37-26-16-18-33-17-14-15-25-38(33)37)48(42(49)41-29-46-31-52-41)30-39-40(27-28-47(39)43(50)51-44(2,3)4)53-45(34-19-8-5-9-20-34,35-21-10-6-11-22-35)36-23-12-7-13-24-36/h5-26,29,31-32,39-40H,27-28,30H2,1-4H3. The fraction of sp³-hybridized carbons (Fsp3) is 0.267. The van der Waals surface area contributed by atoms with Gasteiger partial charge in [-0.2, -0.15) is 0 Å². The number of ether oxygens (including phenoxy) is 1. The van der Waals surface area contributed by atoms with Crippen LogP contribution < -0.4 is 0 Å². The Bertz CT molecular complexity index is 2030. The van der Waals surface area contributed by atoms with Gasteiger partial charge in [-0.3, -0.25) is 9.78 Å². The van der Waals surface area contributed by atoms with Crippen LogP contribution in [0.5, 0.6) is 0 Å². The summed E-state index contributed by atoms with van der Waals surface area (Å²) in [5.41, 5.74) is 5.53. The Balaban J connectivity index is 1.36. The molecule has 0 N–H and O–H groups in total. The number of amides is 2. The molecule has 5 aromatic carbocycles. The topological polar surface area (TPSA) is 62.7 Å². The molecule has 1 aromatic heterocycles. The number of nitrogens with zero attached hydrogens (tertiary/aromatic N) is 3. The van der Waals surface area contributed by atoms with E-state index in [1.54, 1.807) is 11.7 Å². The fourth-order valence-electron chi connectivity index (χ4n) is 7.54. The minimum atomic E-state index is -0.677. The summed E-state index contributed by atoms with van der Waals surface area (Å²) in [4.78, 5) is 37.5. The smallest absolute Gasteiger partial charge is 0.410 e. The molecular formula is C45H45N3O3S2. The molecule has 2 amide bonds. The zero-order valence-electron chi connectivity index (χ0n) is 30.6. The normalized spacial score (nSPS) is 16.7. The van der Waals surface area contributed by atoms with Crippen molar-refractivity contribution in [2.75, 3.05) is 13.1 Å². The molecule has 0 spiro atoms. The van der Waals surface area contributed by atoms with Crippen LogP contribution in [-0.4, -0.2) is 56.8 Å². The molecule has 0 bridgehead atoms. The third-order valence-corrected chi connectivity index (χ3v) is 12.7. The van der Waals surface area contributed by atoms with Gasteiger partial charge in [0.05, 0.1) is 28.5 Å². The van der Waals surface area contributed by atoms with E-state index in [9.17, 15) is 9.59 Å². The van der Waals surface area contributed by atoms with E-state index in [4.69, 9.17) is 4.74 Å². The molecule has 6 aromatic rings. The molecule has 1 aliphatic rings. The lowest BCUT2D eigenvalue weighted by Crippen LogP contribution is -2.50. The zero-order chi connectivity index (χ0) is 37.0. The number of fused-ring (bicyclic) bond motifs is 1. The van der Waals surface area contributed by atoms with Gasteiger partial charge in [0, 0.05) is 18.3 Å². The van der Waals surface area contributed by atoms with Crippen molar-refractivity contribution in [3.63, 3.8) is 0 Å². The van der Waals surface area contributed by atoms with E-state index in [1.165, 1.54) is 11.3 Å². The molecule has 1 aliphatic heterocycles. The number of thioether (sulfide) groups is 1. The van der Waals surface area contributed by atoms with Crippen molar-refractivity contribution in [3.05, 3.63) is 172 Å².